The van der Waals surface area contributed by atoms with Crippen LogP contribution in [-0.2, 0) is 0 Å². The summed E-state index contributed by atoms with van der Waals surface area (Å²) in [7, 11) is 0. The van der Waals surface area contributed by atoms with Crippen molar-refractivity contribution < 1.29 is 0 Å². The third-order valence-corrected chi connectivity index (χ3v) is 2.08. The normalized spacial score (nSPS) is 10.2. The third kappa shape index (κ3) is 1.53. The van der Waals surface area contributed by atoms with Crippen molar-refractivity contribution in [1.82, 2.24) is 14.5 Å². The van der Waals surface area contributed by atoms with Crippen LogP contribution in [0.1, 0.15) is 5.69 Å². The number of aromatic amines is 1. The Balaban J connectivity index is 2.59. The number of aryl methyl sites for hydroxylation is 1. The van der Waals surface area contributed by atoms with Crippen molar-refractivity contribution in [1.29, 1.82) is 0 Å². The molecule has 3 nitrogen and oxygen atoms in total. The third-order valence-electron chi connectivity index (χ3n) is 1.77. The fourth-order valence-corrected chi connectivity index (χ4v) is 1.39. The van der Waals surface area contributed by atoms with E-state index in [9.17, 15) is 0 Å². The lowest BCUT2D eigenvalue weighted by Gasteiger charge is -2.00. The quantitative estimate of drug-likeness (QED) is 0.701. The molecule has 0 atom stereocenters. The number of nitrogens with zero attached hydrogens (tertiary/aromatic N) is 2. The van der Waals surface area contributed by atoms with Crippen LogP contribution >= 0.6 is 12.2 Å². The summed E-state index contributed by atoms with van der Waals surface area (Å²) in [6, 6.07) is 5.85. The van der Waals surface area contributed by atoms with Crippen LogP contribution < -0.4 is 0 Å². The minimum atomic E-state index is 0.665. The average Bonchev–Trinajstić information content (AvgIpc) is 2.51. The number of pyridine rings is 1. The van der Waals surface area contributed by atoms with Crippen LogP contribution in [-0.4, -0.2) is 14.5 Å². The molecule has 0 fully saturated rings. The number of nitrogens with one attached hydrogen (secondary N) is 1. The zero-order valence-electron chi connectivity index (χ0n) is 7.19. The number of rotatable bonds is 1. The summed E-state index contributed by atoms with van der Waals surface area (Å²) in [5.74, 6) is 0.853. The summed E-state index contributed by atoms with van der Waals surface area (Å²) in [5.41, 5.74) is 0.987. The van der Waals surface area contributed by atoms with E-state index in [4.69, 9.17) is 12.2 Å². The Labute approximate surface area is 81.1 Å². The van der Waals surface area contributed by atoms with E-state index in [-0.39, 0.29) is 0 Å². The Morgan fingerprint density at radius 2 is 2.31 bits per heavy atom. The van der Waals surface area contributed by atoms with E-state index in [1.807, 2.05) is 35.9 Å². The molecule has 0 aliphatic carbocycles. The summed E-state index contributed by atoms with van der Waals surface area (Å²) in [6.45, 7) is 1.96. The van der Waals surface area contributed by atoms with Gasteiger partial charge in [0.05, 0.1) is 0 Å². The molecule has 0 saturated heterocycles. The van der Waals surface area contributed by atoms with Gasteiger partial charge in [0.15, 0.2) is 4.77 Å². The summed E-state index contributed by atoms with van der Waals surface area (Å²) < 4.78 is 2.50. The first kappa shape index (κ1) is 8.19. The molecule has 13 heavy (non-hydrogen) atoms. The van der Waals surface area contributed by atoms with Crippen molar-refractivity contribution in [2.75, 3.05) is 0 Å². The first-order chi connectivity index (χ1) is 6.27. The molecule has 0 aliphatic rings. The molecule has 0 aromatic carbocycles. The summed E-state index contributed by atoms with van der Waals surface area (Å²) in [5, 5.41) is 0. The molecule has 0 unspecified atom stereocenters. The van der Waals surface area contributed by atoms with Crippen LogP contribution in [0.25, 0.3) is 5.82 Å². The number of imidazole rings is 1. The van der Waals surface area contributed by atoms with Gasteiger partial charge in [-0.25, -0.2) is 4.98 Å². The molecule has 4 heteroatoms. The van der Waals surface area contributed by atoms with Gasteiger partial charge in [-0.05, 0) is 31.3 Å². The predicted molar refractivity (Wildman–Crippen MR) is 53.5 cm³/mol. The highest BCUT2D eigenvalue weighted by atomic mass is 32.1. The summed E-state index contributed by atoms with van der Waals surface area (Å²) >= 11 is 5.08. The van der Waals surface area contributed by atoms with Crippen molar-refractivity contribution in [2.24, 2.45) is 0 Å². The number of hydrogen-bond donors (Lipinski definition) is 1. The maximum Gasteiger partial charge on any atom is 0.182 e. The molecule has 2 heterocycles. The predicted octanol–water partition coefficient (Wildman–Crippen LogP) is 2.24. The molecule has 0 saturated carbocycles. The van der Waals surface area contributed by atoms with E-state index in [0.29, 0.717) is 4.77 Å². The van der Waals surface area contributed by atoms with Gasteiger partial charge in [-0.1, -0.05) is 6.07 Å². The highest BCUT2D eigenvalue weighted by Gasteiger charge is 1.97. The largest absolute Gasteiger partial charge is 0.337 e. The van der Waals surface area contributed by atoms with Crippen molar-refractivity contribution in [3.05, 3.63) is 41.1 Å². The number of hydrogen-bond acceptors (Lipinski definition) is 2. The molecule has 2 rings (SSSR count). The van der Waals surface area contributed by atoms with Gasteiger partial charge < -0.3 is 4.98 Å². The topological polar surface area (TPSA) is 33.6 Å². The van der Waals surface area contributed by atoms with Gasteiger partial charge >= 0.3 is 0 Å². The molecule has 0 radical (unpaired) electrons. The lowest BCUT2D eigenvalue weighted by atomic mass is 10.4. The van der Waals surface area contributed by atoms with Gasteiger partial charge in [-0.15, -0.1) is 0 Å². The molecular weight excluding hydrogens is 182 g/mol. The fraction of sp³-hybridized carbons (Fsp3) is 0.111. The standard InChI is InChI=1S/C9H9N3S/c1-7-3-2-4-8(11-7)12-6-5-10-9(12)13/h2-6H,1H3,(H,10,13). The van der Waals surface area contributed by atoms with E-state index >= 15 is 0 Å². The van der Waals surface area contributed by atoms with Crippen molar-refractivity contribution in [3.63, 3.8) is 0 Å². The van der Waals surface area contributed by atoms with E-state index < -0.39 is 0 Å². The Hall–Kier alpha value is -1.42. The molecule has 0 aliphatic heterocycles. The van der Waals surface area contributed by atoms with E-state index in [0.717, 1.165) is 11.5 Å². The van der Waals surface area contributed by atoms with Gasteiger partial charge in [0.1, 0.15) is 5.82 Å². The van der Waals surface area contributed by atoms with Crippen molar-refractivity contribution in [2.45, 2.75) is 6.92 Å². The Bertz CT molecular complexity index is 469. The molecular formula is C9H9N3S. The average molecular weight is 191 g/mol. The molecule has 0 spiro atoms. The smallest absolute Gasteiger partial charge is 0.182 e. The Morgan fingerprint density at radius 3 is 2.92 bits per heavy atom. The first-order valence-electron chi connectivity index (χ1n) is 3.97. The minimum Gasteiger partial charge on any atom is -0.337 e. The van der Waals surface area contributed by atoms with Crippen LogP contribution in [0.3, 0.4) is 0 Å². The Morgan fingerprint density at radius 1 is 1.46 bits per heavy atom. The van der Waals surface area contributed by atoms with Crippen LogP contribution in [0.5, 0.6) is 0 Å². The minimum absolute atomic E-state index is 0.665. The number of aromatic nitrogens is 3. The van der Waals surface area contributed by atoms with Crippen LogP contribution in [0.15, 0.2) is 30.6 Å². The van der Waals surface area contributed by atoms with Crippen LogP contribution in [0.4, 0.5) is 0 Å². The van der Waals surface area contributed by atoms with Crippen LogP contribution in [0.2, 0.25) is 0 Å². The lowest BCUT2D eigenvalue weighted by molar-refractivity contribution is 0.959. The zero-order chi connectivity index (χ0) is 9.26. The van der Waals surface area contributed by atoms with Gasteiger partial charge in [0, 0.05) is 18.1 Å². The van der Waals surface area contributed by atoms with Crippen LogP contribution in [0, 0.1) is 11.7 Å². The molecule has 0 amide bonds. The molecule has 66 valence electrons. The Kier molecular flexibility index (Phi) is 1.98. The zero-order valence-corrected chi connectivity index (χ0v) is 8.01. The van der Waals surface area contributed by atoms with Gasteiger partial charge in [0.2, 0.25) is 0 Å². The second kappa shape index (κ2) is 3.14. The monoisotopic (exact) mass is 191 g/mol. The van der Waals surface area contributed by atoms with Gasteiger partial charge in [-0.2, -0.15) is 0 Å². The number of H-pyrrole nitrogens is 1. The maximum absolute atomic E-state index is 5.08. The fourth-order valence-electron chi connectivity index (χ4n) is 1.16. The SMILES string of the molecule is Cc1cccc(-n2cc[nH]c2=S)n1. The van der Waals surface area contributed by atoms with E-state index in [1.54, 1.807) is 6.20 Å². The molecule has 2 aromatic rings. The first-order valence-corrected chi connectivity index (χ1v) is 4.38. The molecule has 1 N–H and O–H groups in total. The lowest BCUT2D eigenvalue weighted by Crippen LogP contribution is -1.96. The van der Waals surface area contributed by atoms with Gasteiger partial charge in [0.25, 0.3) is 0 Å². The summed E-state index contributed by atoms with van der Waals surface area (Å²) in [6.07, 6.45) is 3.66. The van der Waals surface area contributed by atoms with Gasteiger partial charge in [-0.3, -0.25) is 4.57 Å². The second-order valence-corrected chi connectivity index (χ2v) is 3.16. The van der Waals surface area contributed by atoms with E-state index in [1.165, 1.54) is 0 Å². The summed E-state index contributed by atoms with van der Waals surface area (Å²) in [4.78, 5) is 7.28. The highest BCUT2D eigenvalue weighted by Crippen LogP contribution is 2.05. The second-order valence-electron chi connectivity index (χ2n) is 2.77. The van der Waals surface area contributed by atoms with E-state index in [2.05, 4.69) is 9.97 Å². The van der Waals surface area contributed by atoms with Crippen molar-refractivity contribution in [3.8, 4) is 5.82 Å². The highest BCUT2D eigenvalue weighted by molar-refractivity contribution is 7.71. The molecule has 0 bridgehead atoms. The molecule has 2 aromatic heterocycles. The maximum atomic E-state index is 5.08. The van der Waals surface area contributed by atoms with Crippen molar-refractivity contribution >= 4 is 12.2 Å².